The number of sulfone groups is 1. The van der Waals surface area contributed by atoms with Crippen molar-refractivity contribution in [3.05, 3.63) is 101 Å². The molecule has 0 saturated heterocycles. The van der Waals surface area contributed by atoms with Gasteiger partial charge in [-0.1, -0.05) is 66.2 Å². The first-order chi connectivity index (χ1) is 15.8. The van der Waals surface area contributed by atoms with Crippen LogP contribution in [0.3, 0.4) is 0 Å². The molecule has 0 unspecified atom stereocenters. The maximum Gasteiger partial charge on any atom is 0.239 e. The predicted molar refractivity (Wildman–Crippen MR) is 127 cm³/mol. The molecule has 0 aliphatic heterocycles. The second-order valence-corrected chi connectivity index (χ2v) is 10.0. The van der Waals surface area contributed by atoms with E-state index < -0.39 is 21.4 Å². The van der Waals surface area contributed by atoms with Gasteiger partial charge in [0, 0.05) is 34.2 Å². The lowest BCUT2D eigenvalue weighted by Gasteiger charge is -2.08. The lowest BCUT2D eigenvalue weighted by atomic mass is 10.1. The van der Waals surface area contributed by atoms with Gasteiger partial charge in [-0.3, -0.25) is 4.79 Å². The monoisotopic (exact) mass is 484 g/mol. The summed E-state index contributed by atoms with van der Waals surface area (Å²) in [6.07, 6.45) is 2.13. The second-order valence-electron chi connectivity index (χ2n) is 7.68. The third-order valence-corrected chi connectivity index (χ3v) is 7.39. The first-order valence-corrected chi connectivity index (χ1v) is 12.4. The van der Waals surface area contributed by atoms with Gasteiger partial charge in [0.2, 0.25) is 5.91 Å². The van der Waals surface area contributed by atoms with Crippen molar-refractivity contribution in [1.82, 2.24) is 9.88 Å². The summed E-state index contributed by atoms with van der Waals surface area (Å²) in [6, 6.07) is 20.8. The second kappa shape index (κ2) is 9.77. The highest BCUT2D eigenvalue weighted by Crippen LogP contribution is 2.30. The zero-order valence-corrected chi connectivity index (χ0v) is 19.2. The molecule has 0 spiro atoms. The van der Waals surface area contributed by atoms with Crippen molar-refractivity contribution in [2.75, 3.05) is 6.54 Å². The average molecular weight is 485 g/mol. The highest BCUT2D eigenvalue weighted by atomic mass is 35.5. The van der Waals surface area contributed by atoms with Gasteiger partial charge >= 0.3 is 0 Å². The summed E-state index contributed by atoms with van der Waals surface area (Å²) in [6.45, 7) is 0.435. The molecule has 170 valence electrons. The molecule has 0 aliphatic rings. The van der Waals surface area contributed by atoms with E-state index in [2.05, 4.69) is 5.32 Å². The molecule has 3 aromatic carbocycles. The number of carbonyl (C=O) groups excluding carboxylic acids is 1. The Labute approximate surface area is 196 Å². The topological polar surface area (TPSA) is 68.2 Å². The molecule has 0 fully saturated rings. The molecule has 5 nitrogen and oxygen atoms in total. The number of carbonyl (C=O) groups is 1. The number of benzene rings is 3. The van der Waals surface area contributed by atoms with Crippen LogP contribution in [-0.2, 0) is 33.4 Å². The lowest BCUT2D eigenvalue weighted by molar-refractivity contribution is -0.121. The van der Waals surface area contributed by atoms with Gasteiger partial charge < -0.3 is 9.88 Å². The Bertz CT molecular complexity index is 1380. The van der Waals surface area contributed by atoms with E-state index in [4.69, 9.17) is 11.6 Å². The van der Waals surface area contributed by atoms with Crippen molar-refractivity contribution >= 4 is 38.2 Å². The number of nitrogens with one attached hydrogen (secondary N) is 1. The molecule has 0 radical (unpaired) electrons. The van der Waals surface area contributed by atoms with E-state index in [1.165, 1.54) is 24.4 Å². The fourth-order valence-corrected chi connectivity index (χ4v) is 5.66. The average Bonchev–Trinajstić information content (AvgIpc) is 3.17. The molecule has 1 N–H and O–H groups in total. The standard InChI is InChI=1S/C25H22ClFN2O3S/c26-21-10-6-11-22(27)20(21)17-33(31,32)24-15-29(23-12-5-4-9-19(23)24)16-25(30)28-14-13-18-7-2-1-3-8-18/h1-12,15H,13-14,16-17H2,(H,28,30). The Morgan fingerprint density at radius 3 is 2.45 bits per heavy atom. The van der Waals surface area contributed by atoms with Crippen LogP contribution in [0.2, 0.25) is 5.02 Å². The van der Waals surface area contributed by atoms with Crippen molar-refractivity contribution < 1.29 is 17.6 Å². The molecule has 0 saturated carbocycles. The van der Waals surface area contributed by atoms with Crippen molar-refractivity contribution in [2.45, 2.75) is 23.6 Å². The van der Waals surface area contributed by atoms with Gasteiger partial charge in [-0.15, -0.1) is 0 Å². The van der Waals surface area contributed by atoms with Crippen molar-refractivity contribution in [3.8, 4) is 0 Å². The third kappa shape index (κ3) is 5.26. The third-order valence-electron chi connectivity index (χ3n) is 5.38. The largest absolute Gasteiger partial charge is 0.354 e. The van der Waals surface area contributed by atoms with Gasteiger partial charge in [-0.25, -0.2) is 12.8 Å². The van der Waals surface area contributed by atoms with Crippen LogP contribution in [0.4, 0.5) is 4.39 Å². The van der Waals surface area contributed by atoms with E-state index >= 15 is 0 Å². The molecule has 1 amide bonds. The zero-order valence-electron chi connectivity index (χ0n) is 17.7. The van der Waals surface area contributed by atoms with Gasteiger partial charge in [0.1, 0.15) is 12.4 Å². The van der Waals surface area contributed by atoms with E-state index in [9.17, 15) is 17.6 Å². The van der Waals surface area contributed by atoms with Crippen LogP contribution >= 0.6 is 11.6 Å². The number of aromatic nitrogens is 1. The molecule has 4 rings (SSSR count). The van der Waals surface area contributed by atoms with Crippen molar-refractivity contribution in [1.29, 1.82) is 0 Å². The summed E-state index contributed by atoms with van der Waals surface area (Å²) < 4.78 is 42.2. The number of hydrogen-bond acceptors (Lipinski definition) is 3. The number of amides is 1. The summed E-state index contributed by atoms with van der Waals surface area (Å²) in [5.74, 6) is -1.48. The minimum atomic E-state index is -3.93. The van der Waals surface area contributed by atoms with Crippen molar-refractivity contribution in [2.24, 2.45) is 0 Å². The predicted octanol–water partition coefficient (Wildman–Crippen LogP) is 4.77. The minimum absolute atomic E-state index is 0.0364. The summed E-state index contributed by atoms with van der Waals surface area (Å²) in [4.78, 5) is 12.6. The van der Waals surface area contributed by atoms with Gasteiger partial charge in [0.25, 0.3) is 0 Å². The highest BCUT2D eigenvalue weighted by Gasteiger charge is 2.24. The molecule has 8 heteroatoms. The molecule has 1 aromatic heterocycles. The first-order valence-electron chi connectivity index (χ1n) is 10.4. The molecular formula is C25H22ClFN2O3S. The molecule has 33 heavy (non-hydrogen) atoms. The molecule has 0 bridgehead atoms. The molecular weight excluding hydrogens is 463 g/mol. The molecule has 4 aromatic rings. The smallest absolute Gasteiger partial charge is 0.239 e. The van der Waals surface area contributed by atoms with Crippen LogP contribution < -0.4 is 5.32 Å². The van der Waals surface area contributed by atoms with E-state index in [0.717, 1.165) is 5.56 Å². The van der Waals surface area contributed by atoms with E-state index in [1.807, 2.05) is 30.3 Å². The Morgan fingerprint density at radius 2 is 1.70 bits per heavy atom. The van der Waals surface area contributed by atoms with Crippen LogP contribution in [0.1, 0.15) is 11.1 Å². The number of hydrogen-bond donors (Lipinski definition) is 1. The Kier molecular flexibility index (Phi) is 6.81. The molecule has 0 aliphatic carbocycles. The van der Waals surface area contributed by atoms with Gasteiger partial charge in [0.15, 0.2) is 9.84 Å². The summed E-state index contributed by atoms with van der Waals surface area (Å²) >= 11 is 6.05. The lowest BCUT2D eigenvalue weighted by Crippen LogP contribution is -2.29. The number of fused-ring (bicyclic) bond motifs is 1. The number of nitrogens with zero attached hydrogens (tertiary/aromatic N) is 1. The zero-order chi connectivity index (χ0) is 23.4. The minimum Gasteiger partial charge on any atom is -0.354 e. The summed E-state index contributed by atoms with van der Waals surface area (Å²) in [5.41, 5.74) is 1.65. The maximum absolute atomic E-state index is 14.2. The normalized spacial score (nSPS) is 11.6. The number of halogens is 2. The quantitative estimate of drug-likeness (QED) is 0.392. The van der Waals surface area contributed by atoms with E-state index in [1.54, 1.807) is 28.8 Å². The first kappa shape index (κ1) is 23.0. The van der Waals surface area contributed by atoms with E-state index in [-0.39, 0.29) is 27.9 Å². The molecule has 1 heterocycles. The van der Waals surface area contributed by atoms with Crippen molar-refractivity contribution in [3.63, 3.8) is 0 Å². The Hall–Kier alpha value is -3.16. The number of rotatable bonds is 8. The maximum atomic E-state index is 14.2. The van der Waals surface area contributed by atoms with Crippen LogP contribution in [0.5, 0.6) is 0 Å². The fraction of sp³-hybridized carbons (Fsp3) is 0.160. The van der Waals surface area contributed by atoms with Gasteiger partial charge in [-0.05, 0) is 30.2 Å². The summed E-state index contributed by atoms with van der Waals surface area (Å²) in [5, 5.41) is 3.40. The summed E-state index contributed by atoms with van der Waals surface area (Å²) in [7, 11) is -3.93. The van der Waals surface area contributed by atoms with Crippen LogP contribution in [-0.4, -0.2) is 25.4 Å². The SMILES string of the molecule is O=C(Cn1cc(S(=O)(=O)Cc2c(F)cccc2Cl)c2ccccc21)NCCc1ccccc1. The highest BCUT2D eigenvalue weighted by molar-refractivity contribution is 7.90. The van der Waals surface area contributed by atoms with E-state index in [0.29, 0.717) is 23.9 Å². The van der Waals surface area contributed by atoms with Gasteiger partial charge in [-0.2, -0.15) is 0 Å². The Morgan fingerprint density at radius 1 is 0.970 bits per heavy atom. The Balaban J connectivity index is 1.55. The van der Waals surface area contributed by atoms with Crippen LogP contribution in [0, 0.1) is 5.82 Å². The molecule has 0 atom stereocenters. The van der Waals surface area contributed by atoms with Crippen LogP contribution in [0.25, 0.3) is 10.9 Å². The van der Waals surface area contributed by atoms with Gasteiger partial charge in [0.05, 0.1) is 10.6 Å². The number of para-hydroxylation sites is 1. The fourth-order valence-electron chi connectivity index (χ4n) is 3.73. The van der Waals surface area contributed by atoms with Crippen LogP contribution in [0.15, 0.2) is 83.9 Å².